The molecule has 3 heterocycles. The lowest BCUT2D eigenvalue weighted by Gasteiger charge is -2.50. The second-order valence-electron chi connectivity index (χ2n) is 10.1. The molecule has 1 aromatic rings. The molecule has 0 spiro atoms. The van der Waals surface area contributed by atoms with Crippen molar-refractivity contribution < 1.29 is 14.0 Å². The highest BCUT2D eigenvalue weighted by Gasteiger charge is 2.45. The van der Waals surface area contributed by atoms with E-state index in [9.17, 15) is 14.9 Å². The summed E-state index contributed by atoms with van der Waals surface area (Å²) in [5, 5.41) is 9.98. The van der Waals surface area contributed by atoms with E-state index in [1.54, 1.807) is 17.0 Å². The summed E-state index contributed by atoms with van der Waals surface area (Å²) in [6.07, 6.45) is 5.75. The molecule has 3 aliphatic rings. The second kappa shape index (κ2) is 8.41. The van der Waals surface area contributed by atoms with Gasteiger partial charge in [-0.3, -0.25) is 9.59 Å². The predicted octanol–water partition coefficient (Wildman–Crippen LogP) is 3.26. The average Bonchev–Trinajstić information content (AvgIpc) is 3.29. The first-order valence-electron chi connectivity index (χ1n) is 11.3. The quantitative estimate of drug-likeness (QED) is 0.744. The van der Waals surface area contributed by atoms with E-state index in [1.165, 1.54) is 6.26 Å². The van der Waals surface area contributed by atoms with E-state index in [4.69, 9.17) is 4.42 Å². The highest BCUT2D eigenvalue weighted by Crippen LogP contribution is 2.42. The predicted molar refractivity (Wildman–Crippen MR) is 116 cm³/mol. The average molecular weight is 425 g/mol. The summed E-state index contributed by atoms with van der Waals surface area (Å²) in [5.41, 5.74) is 1.21. The minimum atomic E-state index is -0.121. The van der Waals surface area contributed by atoms with Crippen molar-refractivity contribution in [2.45, 2.75) is 52.5 Å². The Morgan fingerprint density at radius 2 is 1.90 bits per heavy atom. The number of furan rings is 1. The van der Waals surface area contributed by atoms with Crippen LogP contribution in [0.3, 0.4) is 0 Å². The fourth-order valence-electron chi connectivity index (χ4n) is 5.30. The van der Waals surface area contributed by atoms with E-state index < -0.39 is 0 Å². The number of rotatable bonds is 3. The van der Waals surface area contributed by atoms with Gasteiger partial charge in [-0.1, -0.05) is 33.6 Å². The summed E-state index contributed by atoms with van der Waals surface area (Å²) in [4.78, 5) is 32.0. The molecule has 2 aliphatic heterocycles. The Kier molecular flexibility index (Phi) is 5.83. The first-order valence-corrected chi connectivity index (χ1v) is 11.3. The molecule has 1 aromatic heterocycles. The van der Waals surface area contributed by atoms with Crippen molar-refractivity contribution in [3.05, 3.63) is 35.4 Å². The van der Waals surface area contributed by atoms with Crippen molar-refractivity contribution >= 4 is 11.8 Å². The van der Waals surface area contributed by atoms with Crippen molar-refractivity contribution in [3.8, 4) is 6.07 Å². The summed E-state index contributed by atoms with van der Waals surface area (Å²) in [6.45, 7) is 9.44. The highest BCUT2D eigenvalue weighted by atomic mass is 16.3. The van der Waals surface area contributed by atoms with Gasteiger partial charge in [0.15, 0.2) is 5.76 Å². The lowest BCUT2D eigenvalue weighted by Crippen LogP contribution is -2.57. The zero-order valence-electron chi connectivity index (χ0n) is 18.8. The summed E-state index contributed by atoms with van der Waals surface area (Å²) in [6, 6.07) is 5.82. The second-order valence-corrected chi connectivity index (χ2v) is 10.1. The number of nitrogens with zero attached hydrogens (tertiary/aromatic N) is 4. The third kappa shape index (κ3) is 4.21. The van der Waals surface area contributed by atoms with Crippen LogP contribution >= 0.6 is 0 Å². The number of amides is 2. The number of hydrogen-bond donors (Lipinski definition) is 0. The molecule has 1 saturated heterocycles. The van der Waals surface area contributed by atoms with Crippen LogP contribution in [0.5, 0.6) is 0 Å². The van der Waals surface area contributed by atoms with Gasteiger partial charge in [0.1, 0.15) is 11.6 Å². The molecule has 0 bridgehead atoms. The number of hydrogen-bond acceptors (Lipinski definition) is 5. The molecule has 4 rings (SSSR count). The fraction of sp³-hybridized carbons (Fsp3) is 0.625. The molecule has 31 heavy (non-hydrogen) atoms. The van der Waals surface area contributed by atoms with Gasteiger partial charge in [0, 0.05) is 50.4 Å². The maximum atomic E-state index is 13.4. The normalized spacial score (nSPS) is 24.8. The van der Waals surface area contributed by atoms with Gasteiger partial charge in [0.05, 0.1) is 6.26 Å². The Morgan fingerprint density at radius 1 is 1.19 bits per heavy atom. The maximum Gasteiger partial charge on any atom is 0.289 e. The third-order valence-corrected chi connectivity index (χ3v) is 6.61. The van der Waals surface area contributed by atoms with Gasteiger partial charge in [-0.25, -0.2) is 0 Å². The number of piperazine rings is 1. The minimum Gasteiger partial charge on any atom is -0.459 e. The zero-order chi connectivity index (χ0) is 22.2. The summed E-state index contributed by atoms with van der Waals surface area (Å²) >= 11 is 0. The van der Waals surface area contributed by atoms with Crippen molar-refractivity contribution in [2.24, 2.45) is 11.3 Å². The molecular formula is C24H32N4O3. The SMILES string of the molecule is CC(C)(C)CN1C(=O)C(C#N)=C(N2CCN(C(=O)c3ccco3)CC2)C2CCCCC21. The van der Waals surface area contributed by atoms with Gasteiger partial charge in [-0.2, -0.15) is 5.26 Å². The topological polar surface area (TPSA) is 80.8 Å². The van der Waals surface area contributed by atoms with Gasteiger partial charge in [0.25, 0.3) is 11.8 Å². The molecule has 1 aliphatic carbocycles. The first kappa shape index (κ1) is 21.5. The monoisotopic (exact) mass is 424 g/mol. The smallest absolute Gasteiger partial charge is 0.289 e. The van der Waals surface area contributed by atoms with Crippen molar-refractivity contribution in [3.63, 3.8) is 0 Å². The van der Waals surface area contributed by atoms with Crippen molar-refractivity contribution in [1.82, 2.24) is 14.7 Å². The van der Waals surface area contributed by atoms with Crippen LogP contribution in [0, 0.1) is 22.7 Å². The van der Waals surface area contributed by atoms with E-state index in [0.717, 1.165) is 31.4 Å². The van der Waals surface area contributed by atoms with Crippen LogP contribution in [0.2, 0.25) is 0 Å². The lowest BCUT2D eigenvalue weighted by atomic mass is 9.76. The van der Waals surface area contributed by atoms with E-state index in [-0.39, 0.29) is 29.2 Å². The minimum absolute atomic E-state index is 0.0203. The van der Waals surface area contributed by atoms with Crippen LogP contribution in [-0.2, 0) is 4.79 Å². The first-order chi connectivity index (χ1) is 14.8. The summed E-state index contributed by atoms with van der Waals surface area (Å²) in [5.74, 6) is 0.328. The Morgan fingerprint density at radius 3 is 2.52 bits per heavy atom. The van der Waals surface area contributed by atoms with Gasteiger partial charge in [-0.05, 0) is 30.4 Å². The Bertz CT molecular complexity index is 898. The lowest BCUT2D eigenvalue weighted by molar-refractivity contribution is -0.134. The largest absolute Gasteiger partial charge is 0.459 e. The highest BCUT2D eigenvalue weighted by molar-refractivity contribution is 5.99. The molecule has 166 valence electrons. The van der Waals surface area contributed by atoms with Crippen LogP contribution in [0.4, 0.5) is 0 Å². The van der Waals surface area contributed by atoms with Crippen LogP contribution in [0.25, 0.3) is 0 Å². The molecule has 0 aromatic carbocycles. The molecule has 2 fully saturated rings. The maximum absolute atomic E-state index is 13.4. The van der Waals surface area contributed by atoms with Crippen LogP contribution < -0.4 is 0 Å². The van der Waals surface area contributed by atoms with Crippen molar-refractivity contribution in [1.29, 1.82) is 5.26 Å². The molecule has 1 saturated carbocycles. The van der Waals surface area contributed by atoms with E-state index in [1.807, 2.05) is 4.90 Å². The number of nitriles is 1. The Labute approximate surface area is 184 Å². The van der Waals surface area contributed by atoms with Crippen LogP contribution in [0.1, 0.15) is 57.0 Å². The van der Waals surface area contributed by atoms with Crippen molar-refractivity contribution in [2.75, 3.05) is 32.7 Å². The molecule has 2 amide bonds. The van der Waals surface area contributed by atoms with E-state index >= 15 is 0 Å². The summed E-state index contributed by atoms with van der Waals surface area (Å²) in [7, 11) is 0. The van der Waals surface area contributed by atoms with Crippen LogP contribution in [0.15, 0.2) is 34.1 Å². The number of carbonyl (C=O) groups is 2. The standard InChI is InChI=1S/C24H32N4O3/c1-24(2,3)16-28-19-8-5-4-7-17(19)21(18(15-25)22(28)29)26-10-12-27(13-11-26)23(30)20-9-6-14-31-20/h6,9,14,17,19H,4-5,7-8,10-13,16H2,1-3H3. The molecule has 7 nitrogen and oxygen atoms in total. The molecule has 0 radical (unpaired) electrons. The zero-order valence-corrected chi connectivity index (χ0v) is 18.8. The van der Waals surface area contributed by atoms with Crippen LogP contribution in [-0.4, -0.2) is 65.3 Å². The van der Waals surface area contributed by atoms with Gasteiger partial charge < -0.3 is 19.1 Å². The third-order valence-electron chi connectivity index (χ3n) is 6.61. The van der Waals surface area contributed by atoms with E-state index in [0.29, 0.717) is 44.1 Å². The van der Waals surface area contributed by atoms with E-state index in [2.05, 4.69) is 31.7 Å². The van der Waals surface area contributed by atoms with Gasteiger partial charge in [0.2, 0.25) is 0 Å². The molecule has 7 heteroatoms. The fourth-order valence-corrected chi connectivity index (χ4v) is 5.30. The van der Waals surface area contributed by atoms with Gasteiger partial charge >= 0.3 is 0 Å². The Balaban J connectivity index is 1.58. The molecule has 0 N–H and O–H groups in total. The number of fused-ring (bicyclic) bond motifs is 1. The molecule has 2 atom stereocenters. The summed E-state index contributed by atoms with van der Waals surface area (Å²) < 4.78 is 5.26. The van der Waals surface area contributed by atoms with Gasteiger partial charge in [-0.15, -0.1) is 0 Å². The molecular weight excluding hydrogens is 392 g/mol. The number of carbonyl (C=O) groups excluding carboxylic acids is 2. The molecule has 2 unspecified atom stereocenters. The Hall–Kier alpha value is -2.75.